The van der Waals surface area contributed by atoms with Crippen molar-refractivity contribution in [2.24, 2.45) is 0 Å². The number of nitrogens with zero attached hydrogens (tertiary/aromatic N) is 1. The van der Waals surface area contributed by atoms with Gasteiger partial charge in [-0.25, -0.2) is 9.18 Å². The van der Waals surface area contributed by atoms with E-state index < -0.39 is 17.8 Å². The van der Waals surface area contributed by atoms with Gasteiger partial charge < -0.3 is 20.1 Å². The zero-order valence-corrected chi connectivity index (χ0v) is 10.4. The van der Waals surface area contributed by atoms with Gasteiger partial charge in [0.15, 0.2) is 0 Å². The summed E-state index contributed by atoms with van der Waals surface area (Å²) in [6.45, 7) is 0.0751. The van der Waals surface area contributed by atoms with Crippen molar-refractivity contribution in [1.29, 1.82) is 0 Å². The van der Waals surface area contributed by atoms with Crippen LogP contribution >= 0.6 is 11.6 Å². The lowest BCUT2D eigenvalue weighted by atomic mass is 10.2. The summed E-state index contributed by atoms with van der Waals surface area (Å²) in [5, 5.41) is 10.3. The molecule has 0 unspecified atom stereocenters. The molecule has 8 heteroatoms. The third kappa shape index (κ3) is 2.87. The highest BCUT2D eigenvalue weighted by molar-refractivity contribution is 6.31. The largest absolute Gasteiger partial charge is 0.489 e. The van der Waals surface area contributed by atoms with Crippen LogP contribution in [-0.4, -0.2) is 36.8 Å². The molecule has 2 amide bonds. The van der Waals surface area contributed by atoms with Gasteiger partial charge in [-0.3, -0.25) is 4.79 Å². The lowest BCUT2D eigenvalue weighted by Gasteiger charge is -2.29. The van der Waals surface area contributed by atoms with Gasteiger partial charge in [0.25, 0.3) is 0 Å². The third-order valence-electron chi connectivity index (χ3n) is 2.56. The molecule has 1 aliphatic heterocycles. The Morgan fingerprint density at radius 2 is 2.26 bits per heavy atom. The molecule has 1 heterocycles. The van der Waals surface area contributed by atoms with Crippen LogP contribution in [0.2, 0.25) is 5.02 Å². The number of rotatable bonds is 2. The average molecular weight is 289 g/mol. The van der Waals surface area contributed by atoms with Crippen LogP contribution in [-0.2, 0) is 4.79 Å². The van der Waals surface area contributed by atoms with E-state index in [0.717, 1.165) is 6.07 Å². The second-order valence-corrected chi connectivity index (χ2v) is 4.19. The van der Waals surface area contributed by atoms with Gasteiger partial charge >= 0.3 is 6.09 Å². The van der Waals surface area contributed by atoms with Crippen LogP contribution in [0, 0.1) is 5.82 Å². The molecular weight excluding hydrogens is 279 g/mol. The van der Waals surface area contributed by atoms with E-state index in [1.165, 1.54) is 11.0 Å². The Balaban J connectivity index is 2.24. The van der Waals surface area contributed by atoms with Gasteiger partial charge in [0.1, 0.15) is 24.7 Å². The van der Waals surface area contributed by atoms with Crippen LogP contribution in [0.4, 0.5) is 14.9 Å². The zero-order valence-electron chi connectivity index (χ0n) is 9.65. The van der Waals surface area contributed by atoms with E-state index in [1.807, 2.05) is 5.32 Å². The smallest absolute Gasteiger partial charge is 0.405 e. The molecule has 1 aliphatic rings. The number of halogens is 2. The maximum absolute atomic E-state index is 13.3. The molecule has 1 aromatic rings. The molecular formula is C11H10ClFN2O4. The lowest BCUT2D eigenvalue weighted by Crippen LogP contribution is -2.43. The Morgan fingerprint density at radius 3 is 2.95 bits per heavy atom. The van der Waals surface area contributed by atoms with Gasteiger partial charge in [-0.1, -0.05) is 11.6 Å². The van der Waals surface area contributed by atoms with Crippen molar-refractivity contribution in [3.05, 3.63) is 23.0 Å². The van der Waals surface area contributed by atoms with Crippen LogP contribution in [0.3, 0.4) is 0 Å². The summed E-state index contributed by atoms with van der Waals surface area (Å²) >= 11 is 5.66. The first-order valence-corrected chi connectivity index (χ1v) is 5.76. The number of carbonyl (C=O) groups is 2. The first kappa shape index (κ1) is 13.4. The molecule has 6 nitrogen and oxygen atoms in total. The van der Waals surface area contributed by atoms with Crippen molar-refractivity contribution < 1.29 is 23.8 Å². The summed E-state index contributed by atoms with van der Waals surface area (Å²) < 4.78 is 18.5. The fraction of sp³-hybridized carbons (Fsp3) is 0.273. The average Bonchev–Trinajstić information content (AvgIpc) is 2.36. The predicted molar refractivity (Wildman–Crippen MR) is 65.3 cm³/mol. The first-order valence-electron chi connectivity index (χ1n) is 5.38. The maximum Gasteiger partial charge on any atom is 0.405 e. The number of carbonyl (C=O) groups excluding carboxylic acids is 1. The number of amides is 2. The molecule has 1 aromatic carbocycles. The van der Waals surface area contributed by atoms with Crippen molar-refractivity contribution in [1.82, 2.24) is 5.32 Å². The number of nitrogens with one attached hydrogen (secondary N) is 1. The Labute approximate surface area is 112 Å². The maximum atomic E-state index is 13.3. The number of hydrogen-bond donors (Lipinski definition) is 2. The third-order valence-corrected chi connectivity index (χ3v) is 2.85. The number of hydrogen-bond acceptors (Lipinski definition) is 3. The zero-order chi connectivity index (χ0) is 14.0. The van der Waals surface area contributed by atoms with E-state index >= 15 is 0 Å². The van der Waals surface area contributed by atoms with Crippen LogP contribution in [0.5, 0.6) is 5.75 Å². The van der Waals surface area contributed by atoms with Crippen molar-refractivity contribution in [2.75, 3.05) is 24.6 Å². The monoisotopic (exact) mass is 288 g/mol. The van der Waals surface area contributed by atoms with E-state index in [2.05, 4.69) is 0 Å². The van der Waals surface area contributed by atoms with Crippen LogP contribution in [0.15, 0.2) is 12.1 Å². The molecule has 19 heavy (non-hydrogen) atoms. The Bertz CT molecular complexity index is 538. The molecule has 0 aromatic heterocycles. The lowest BCUT2D eigenvalue weighted by molar-refractivity contribution is -0.118. The van der Waals surface area contributed by atoms with E-state index in [0.29, 0.717) is 5.69 Å². The molecule has 2 rings (SSSR count). The minimum Gasteiger partial charge on any atom is -0.489 e. The summed E-state index contributed by atoms with van der Waals surface area (Å²) in [5.74, 6) is -0.898. The number of benzene rings is 1. The molecule has 0 atom stereocenters. The highest BCUT2D eigenvalue weighted by atomic mass is 35.5. The van der Waals surface area contributed by atoms with Crippen LogP contribution in [0.25, 0.3) is 0 Å². The van der Waals surface area contributed by atoms with Crippen molar-refractivity contribution in [3.8, 4) is 5.75 Å². The van der Waals surface area contributed by atoms with Gasteiger partial charge in [0, 0.05) is 6.07 Å². The van der Waals surface area contributed by atoms with E-state index in [9.17, 15) is 14.0 Å². The van der Waals surface area contributed by atoms with E-state index in [-0.39, 0.29) is 30.5 Å². The normalized spacial score (nSPS) is 13.5. The fourth-order valence-corrected chi connectivity index (χ4v) is 1.88. The van der Waals surface area contributed by atoms with Crippen molar-refractivity contribution in [3.63, 3.8) is 0 Å². The van der Waals surface area contributed by atoms with E-state index in [4.69, 9.17) is 21.4 Å². The standard InChI is InChI=1S/C11H10ClFN2O4/c12-6-3-8-9(4-7(6)13)19-2-1-15(8)10(16)5-14-11(17)18/h3-4,14H,1-2,5H2,(H,17,18). The number of fused-ring (bicyclic) bond motifs is 1. The summed E-state index contributed by atoms with van der Waals surface area (Å²) in [6.07, 6.45) is -1.29. The van der Waals surface area contributed by atoms with Crippen molar-refractivity contribution >= 4 is 29.3 Å². The number of carboxylic acid groups (broad SMARTS) is 1. The van der Waals surface area contributed by atoms with Crippen LogP contribution in [0.1, 0.15) is 0 Å². The molecule has 0 saturated heterocycles. The van der Waals surface area contributed by atoms with Gasteiger partial charge in [-0.15, -0.1) is 0 Å². The Hall–Kier alpha value is -2.02. The Kier molecular flexibility index (Phi) is 3.75. The topological polar surface area (TPSA) is 78.9 Å². The number of anilines is 1. The molecule has 0 fully saturated rings. The van der Waals surface area contributed by atoms with Gasteiger partial charge in [0.2, 0.25) is 5.91 Å². The fourth-order valence-electron chi connectivity index (χ4n) is 1.72. The summed E-state index contributed by atoms with van der Waals surface area (Å²) in [6, 6.07) is 2.38. The quantitative estimate of drug-likeness (QED) is 0.864. The van der Waals surface area contributed by atoms with Crippen LogP contribution < -0.4 is 15.0 Å². The summed E-state index contributed by atoms with van der Waals surface area (Å²) in [7, 11) is 0. The molecule has 2 N–H and O–H groups in total. The SMILES string of the molecule is O=C(O)NCC(=O)N1CCOc2cc(F)c(Cl)cc21. The highest BCUT2D eigenvalue weighted by Crippen LogP contribution is 2.35. The summed E-state index contributed by atoms with van der Waals surface area (Å²) in [4.78, 5) is 23.5. The van der Waals surface area contributed by atoms with Gasteiger partial charge in [-0.2, -0.15) is 0 Å². The second kappa shape index (κ2) is 5.31. The number of ether oxygens (including phenoxy) is 1. The molecule has 0 radical (unpaired) electrons. The minimum absolute atomic E-state index is 0.131. The van der Waals surface area contributed by atoms with E-state index in [1.54, 1.807) is 0 Å². The Morgan fingerprint density at radius 1 is 1.53 bits per heavy atom. The van der Waals surface area contributed by atoms with Gasteiger partial charge in [0.05, 0.1) is 17.3 Å². The second-order valence-electron chi connectivity index (χ2n) is 3.79. The molecule has 0 spiro atoms. The molecule has 102 valence electrons. The minimum atomic E-state index is -1.29. The van der Waals surface area contributed by atoms with Gasteiger partial charge in [-0.05, 0) is 6.07 Å². The first-order chi connectivity index (χ1) is 8.99. The molecule has 0 aliphatic carbocycles. The molecule has 0 bridgehead atoms. The molecule has 0 saturated carbocycles. The summed E-state index contributed by atoms with van der Waals surface area (Å²) in [5.41, 5.74) is 0.329. The van der Waals surface area contributed by atoms with Crippen molar-refractivity contribution in [2.45, 2.75) is 0 Å². The predicted octanol–water partition coefficient (Wildman–Crippen LogP) is 1.47. The highest BCUT2D eigenvalue weighted by Gasteiger charge is 2.25.